The van der Waals surface area contributed by atoms with Gasteiger partial charge in [-0.3, -0.25) is 14.3 Å². The molecule has 10 heteroatoms. The average molecular weight is 269 g/mol. The summed E-state index contributed by atoms with van der Waals surface area (Å²) in [6.45, 7) is -0.477. The quantitative estimate of drug-likeness (QED) is 0.345. The first-order valence-corrected chi connectivity index (χ1v) is 5.38. The van der Waals surface area contributed by atoms with Gasteiger partial charge in [-0.15, -0.1) is 0 Å². The Morgan fingerprint density at radius 1 is 1.58 bits per heavy atom. The summed E-state index contributed by atoms with van der Waals surface area (Å²) in [5.41, 5.74) is 7.05. The molecule has 0 spiro atoms. The standard InChI is InChI=1S/C9H11N5O5/c10-13-12-6-4(3-15)19-8(7(6)17)14-2-1-5(16)11-9(14)18/h1-2,4,6-8,15,17H,3H2,(H,11,16,18). The molecule has 4 atom stereocenters. The molecule has 2 rings (SSSR count). The van der Waals surface area contributed by atoms with Crippen molar-refractivity contribution >= 4 is 0 Å². The molecular formula is C9H11N5O5. The fourth-order valence-corrected chi connectivity index (χ4v) is 1.94. The Labute approximate surface area is 105 Å². The van der Waals surface area contributed by atoms with Gasteiger partial charge in [0.1, 0.15) is 6.10 Å². The minimum atomic E-state index is -1.31. The van der Waals surface area contributed by atoms with Gasteiger partial charge in [-0.1, -0.05) is 5.11 Å². The Morgan fingerprint density at radius 2 is 2.32 bits per heavy atom. The van der Waals surface area contributed by atoms with Crippen LogP contribution in [0.4, 0.5) is 0 Å². The van der Waals surface area contributed by atoms with Crippen LogP contribution < -0.4 is 11.2 Å². The summed E-state index contributed by atoms with van der Waals surface area (Å²) >= 11 is 0. The molecule has 0 aliphatic carbocycles. The first kappa shape index (κ1) is 13.3. The number of aliphatic hydroxyl groups excluding tert-OH is 2. The van der Waals surface area contributed by atoms with Crippen molar-refractivity contribution in [3.05, 3.63) is 43.5 Å². The van der Waals surface area contributed by atoms with Crippen LogP contribution in [0.3, 0.4) is 0 Å². The van der Waals surface area contributed by atoms with Crippen molar-refractivity contribution < 1.29 is 14.9 Å². The minimum absolute atomic E-state index is 0.477. The molecule has 1 aromatic heterocycles. The monoisotopic (exact) mass is 269 g/mol. The van der Waals surface area contributed by atoms with Crippen molar-refractivity contribution in [1.29, 1.82) is 0 Å². The van der Waals surface area contributed by atoms with Gasteiger partial charge in [0, 0.05) is 17.2 Å². The molecule has 10 nitrogen and oxygen atoms in total. The van der Waals surface area contributed by atoms with Gasteiger partial charge in [-0.25, -0.2) is 4.79 Å². The van der Waals surface area contributed by atoms with Crippen LogP contribution in [0.1, 0.15) is 6.23 Å². The molecule has 0 bridgehead atoms. The number of H-pyrrole nitrogens is 1. The zero-order valence-corrected chi connectivity index (χ0v) is 9.58. The number of aliphatic hydroxyl groups is 2. The van der Waals surface area contributed by atoms with E-state index in [9.17, 15) is 14.7 Å². The molecule has 3 N–H and O–H groups in total. The highest BCUT2D eigenvalue weighted by molar-refractivity contribution is 4.96. The van der Waals surface area contributed by atoms with Crippen molar-refractivity contribution in [2.45, 2.75) is 24.5 Å². The first-order chi connectivity index (χ1) is 9.08. The Balaban J connectivity index is 2.38. The van der Waals surface area contributed by atoms with Crippen molar-refractivity contribution in [2.24, 2.45) is 5.11 Å². The second-order valence-corrected chi connectivity index (χ2v) is 3.95. The Kier molecular flexibility index (Phi) is 3.67. The van der Waals surface area contributed by atoms with Crippen molar-refractivity contribution in [2.75, 3.05) is 6.61 Å². The highest BCUT2D eigenvalue weighted by Gasteiger charge is 2.44. The van der Waals surface area contributed by atoms with Gasteiger partial charge in [-0.2, -0.15) is 0 Å². The van der Waals surface area contributed by atoms with Gasteiger partial charge in [0.15, 0.2) is 6.23 Å². The minimum Gasteiger partial charge on any atom is -0.394 e. The third-order valence-electron chi connectivity index (χ3n) is 2.83. The van der Waals surface area contributed by atoms with Gasteiger partial charge in [0.2, 0.25) is 0 Å². The van der Waals surface area contributed by atoms with Crippen LogP contribution in [0.25, 0.3) is 10.4 Å². The third kappa shape index (κ3) is 2.37. The maximum atomic E-state index is 11.6. The number of hydrogen-bond donors (Lipinski definition) is 3. The molecule has 0 aromatic carbocycles. The van der Waals surface area contributed by atoms with Crippen molar-refractivity contribution in [3.63, 3.8) is 0 Å². The van der Waals surface area contributed by atoms with E-state index < -0.39 is 42.3 Å². The van der Waals surface area contributed by atoms with Gasteiger partial charge >= 0.3 is 5.69 Å². The van der Waals surface area contributed by atoms with Crippen LogP contribution in [0, 0.1) is 0 Å². The number of nitrogens with one attached hydrogen (secondary N) is 1. The van der Waals surface area contributed by atoms with Gasteiger partial charge < -0.3 is 14.9 Å². The zero-order valence-electron chi connectivity index (χ0n) is 9.58. The number of nitrogens with zero attached hydrogens (tertiary/aromatic N) is 4. The fourth-order valence-electron chi connectivity index (χ4n) is 1.94. The molecule has 1 saturated heterocycles. The van der Waals surface area contributed by atoms with E-state index in [0.717, 1.165) is 16.8 Å². The van der Waals surface area contributed by atoms with Crippen molar-refractivity contribution in [1.82, 2.24) is 9.55 Å². The van der Waals surface area contributed by atoms with E-state index in [0.29, 0.717) is 0 Å². The van der Waals surface area contributed by atoms with Crippen LogP contribution in [-0.4, -0.2) is 44.6 Å². The molecule has 1 fully saturated rings. The number of hydrogen-bond acceptors (Lipinski definition) is 6. The van der Waals surface area contributed by atoms with Crippen LogP contribution in [0.5, 0.6) is 0 Å². The number of aromatic amines is 1. The Morgan fingerprint density at radius 3 is 2.89 bits per heavy atom. The van der Waals surface area contributed by atoms with E-state index in [1.54, 1.807) is 0 Å². The number of rotatable bonds is 3. The second kappa shape index (κ2) is 5.24. The number of azide groups is 1. The van der Waals surface area contributed by atoms with E-state index in [4.69, 9.17) is 15.4 Å². The van der Waals surface area contributed by atoms with Crippen molar-refractivity contribution in [3.8, 4) is 0 Å². The molecule has 2 heterocycles. The lowest BCUT2D eigenvalue weighted by atomic mass is 10.1. The number of ether oxygens (including phenoxy) is 1. The van der Waals surface area contributed by atoms with Gasteiger partial charge in [-0.05, 0) is 5.53 Å². The van der Waals surface area contributed by atoms with Crippen LogP contribution in [-0.2, 0) is 4.74 Å². The first-order valence-electron chi connectivity index (χ1n) is 5.38. The smallest absolute Gasteiger partial charge is 0.330 e. The SMILES string of the molecule is [N-]=[N+]=NC1C(CO)OC(n2ccc(=O)[nH]c2=O)C1O. The molecule has 1 aromatic rings. The van der Waals surface area contributed by atoms with Crippen LogP contribution >= 0.6 is 0 Å². The molecule has 4 unspecified atom stereocenters. The molecule has 19 heavy (non-hydrogen) atoms. The van der Waals surface area contributed by atoms with E-state index in [-0.39, 0.29) is 0 Å². The predicted octanol–water partition coefficient (Wildman–Crippen LogP) is -1.53. The van der Waals surface area contributed by atoms with E-state index >= 15 is 0 Å². The van der Waals surface area contributed by atoms with Crippen LogP contribution in [0.2, 0.25) is 0 Å². The normalized spacial score (nSPS) is 30.0. The molecule has 0 amide bonds. The van der Waals surface area contributed by atoms with E-state index in [2.05, 4.69) is 10.0 Å². The molecular weight excluding hydrogens is 258 g/mol. The average Bonchev–Trinajstić information content (AvgIpc) is 2.68. The largest absolute Gasteiger partial charge is 0.394 e. The zero-order chi connectivity index (χ0) is 14.0. The summed E-state index contributed by atoms with van der Waals surface area (Å²) in [6.07, 6.45) is -2.22. The lowest BCUT2D eigenvalue weighted by Gasteiger charge is -2.16. The second-order valence-electron chi connectivity index (χ2n) is 3.95. The molecule has 0 radical (unpaired) electrons. The molecule has 1 aliphatic rings. The molecule has 102 valence electrons. The van der Waals surface area contributed by atoms with Crippen LogP contribution in [0.15, 0.2) is 27.0 Å². The summed E-state index contributed by atoms with van der Waals surface area (Å²) in [5, 5.41) is 22.4. The summed E-state index contributed by atoms with van der Waals surface area (Å²) in [7, 11) is 0. The maximum Gasteiger partial charge on any atom is 0.330 e. The van der Waals surface area contributed by atoms with Gasteiger partial charge in [0.25, 0.3) is 5.56 Å². The summed E-state index contributed by atoms with van der Waals surface area (Å²) < 4.78 is 6.23. The van der Waals surface area contributed by atoms with E-state index in [1.807, 2.05) is 4.98 Å². The molecule has 0 saturated carbocycles. The summed E-state index contributed by atoms with van der Waals surface area (Å²) in [5.74, 6) is 0. The van der Waals surface area contributed by atoms with Gasteiger partial charge in [0.05, 0.1) is 18.8 Å². The lowest BCUT2D eigenvalue weighted by molar-refractivity contribution is -0.0532. The topological polar surface area (TPSA) is 153 Å². The third-order valence-corrected chi connectivity index (χ3v) is 2.83. The molecule has 1 aliphatic heterocycles. The highest BCUT2D eigenvalue weighted by atomic mass is 16.5. The number of aromatic nitrogens is 2. The maximum absolute atomic E-state index is 11.6. The lowest BCUT2D eigenvalue weighted by Crippen LogP contribution is -2.37. The predicted molar refractivity (Wildman–Crippen MR) is 61.3 cm³/mol. The summed E-state index contributed by atoms with van der Waals surface area (Å²) in [6, 6.07) is 0.0746. The fraction of sp³-hybridized carbons (Fsp3) is 0.556. The Hall–Kier alpha value is -2.13. The Bertz CT molecular complexity index is 618. The van der Waals surface area contributed by atoms with E-state index in [1.165, 1.54) is 0 Å². The highest BCUT2D eigenvalue weighted by Crippen LogP contribution is 2.30. The summed E-state index contributed by atoms with van der Waals surface area (Å²) in [4.78, 5) is 27.1.